The number of nitrogens with one attached hydrogen (secondary N) is 1. The van der Waals surface area contributed by atoms with Crippen molar-refractivity contribution in [2.45, 2.75) is 38.4 Å². The summed E-state index contributed by atoms with van der Waals surface area (Å²) in [4.78, 5) is 2.28. The number of nitrogens with zero attached hydrogens (tertiary/aromatic N) is 1. The molecule has 0 aromatic heterocycles. The van der Waals surface area contributed by atoms with Gasteiger partial charge in [-0.2, -0.15) is 0 Å². The quantitative estimate of drug-likeness (QED) is 0.892. The fourth-order valence-corrected chi connectivity index (χ4v) is 2.61. The highest BCUT2D eigenvalue weighted by molar-refractivity contribution is 5.21. The van der Waals surface area contributed by atoms with Crippen LogP contribution in [0.2, 0.25) is 0 Å². The average Bonchev–Trinajstić information content (AvgIpc) is 2.57. The maximum Gasteiger partial charge on any atom is 0.130 e. The maximum absolute atomic E-state index is 13.6. The van der Waals surface area contributed by atoms with Crippen LogP contribution >= 0.6 is 0 Å². The zero-order chi connectivity index (χ0) is 13.3. The van der Waals surface area contributed by atoms with E-state index in [0.29, 0.717) is 17.6 Å². The van der Waals surface area contributed by atoms with Gasteiger partial charge in [-0.05, 0) is 33.4 Å². The first-order chi connectivity index (χ1) is 8.47. The molecular formula is C14H20F2N2. The summed E-state index contributed by atoms with van der Waals surface area (Å²) < 4.78 is 26.5. The highest BCUT2D eigenvalue weighted by Crippen LogP contribution is 2.22. The van der Waals surface area contributed by atoms with E-state index in [1.54, 1.807) is 0 Å². The number of likely N-dealkylation sites (tertiary alicyclic amines) is 1. The Morgan fingerprint density at radius 2 is 2.11 bits per heavy atom. The predicted octanol–water partition coefficient (Wildman–Crippen LogP) is 2.71. The fourth-order valence-electron chi connectivity index (χ4n) is 2.61. The van der Waals surface area contributed by atoms with Gasteiger partial charge < -0.3 is 10.2 Å². The molecular weight excluding hydrogens is 234 g/mol. The molecule has 18 heavy (non-hydrogen) atoms. The first-order valence-corrected chi connectivity index (χ1v) is 6.38. The molecule has 1 fully saturated rings. The predicted molar refractivity (Wildman–Crippen MR) is 68.4 cm³/mol. The third kappa shape index (κ3) is 2.87. The maximum atomic E-state index is 13.6. The van der Waals surface area contributed by atoms with Gasteiger partial charge in [0.1, 0.15) is 11.6 Å². The van der Waals surface area contributed by atoms with Gasteiger partial charge in [-0.3, -0.25) is 0 Å². The minimum Gasteiger partial charge on any atom is -0.306 e. The van der Waals surface area contributed by atoms with E-state index in [-0.39, 0.29) is 6.04 Å². The van der Waals surface area contributed by atoms with Crippen molar-refractivity contribution in [3.8, 4) is 0 Å². The molecule has 1 heterocycles. The van der Waals surface area contributed by atoms with Crippen LogP contribution in [-0.4, -0.2) is 30.6 Å². The van der Waals surface area contributed by atoms with Gasteiger partial charge in [0.15, 0.2) is 0 Å². The molecule has 1 aliphatic heterocycles. The average molecular weight is 254 g/mol. The number of hydrogen-bond donors (Lipinski definition) is 1. The van der Waals surface area contributed by atoms with Gasteiger partial charge in [-0.25, -0.2) is 8.78 Å². The van der Waals surface area contributed by atoms with Crippen molar-refractivity contribution in [2.75, 3.05) is 13.6 Å². The summed E-state index contributed by atoms with van der Waals surface area (Å²) in [5.41, 5.74) is 0.526. The molecule has 1 saturated heterocycles. The molecule has 3 unspecified atom stereocenters. The first-order valence-electron chi connectivity index (χ1n) is 6.38. The molecule has 0 amide bonds. The van der Waals surface area contributed by atoms with Crippen LogP contribution in [0.3, 0.4) is 0 Å². The lowest BCUT2D eigenvalue weighted by Crippen LogP contribution is -2.33. The lowest BCUT2D eigenvalue weighted by molar-refractivity contribution is 0.324. The van der Waals surface area contributed by atoms with Crippen LogP contribution < -0.4 is 5.32 Å². The van der Waals surface area contributed by atoms with Crippen molar-refractivity contribution in [1.82, 2.24) is 10.2 Å². The minimum absolute atomic E-state index is 0.103. The molecule has 1 aromatic carbocycles. The van der Waals surface area contributed by atoms with E-state index < -0.39 is 11.6 Å². The van der Waals surface area contributed by atoms with Crippen LogP contribution in [0.15, 0.2) is 18.2 Å². The largest absolute Gasteiger partial charge is 0.306 e. The monoisotopic (exact) mass is 254 g/mol. The van der Waals surface area contributed by atoms with Crippen LogP contribution in [0.25, 0.3) is 0 Å². The number of halogens is 2. The van der Waals surface area contributed by atoms with Crippen molar-refractivity contribution in [1.29, 1.82) is 0 Å². The van der Waals surface area contributed by atoms with E-state index in [1.165, 1.54) is 12.1 Å². The molecule has 1 aromatic rings. The van der Waals surface area contributed by atoms with Crippen LogP contribution in [-0.2, 0) is 0 Å². The first kappa shape index (κ1) is 13.4. The number of rotatable bonds is 3. The van der Waals surface area contributed by atoms with E-state index >= 15 is 0 Å². The Morgan fingerprint density at radius 3 is 2.67 bits per heavy atom. The fraction of sp³-hybridized carbons (Fsp3) is 0.571. The van der Waals surface area contributed by atoms with Crippen molar-refractivity contribution >= 4 is 0 Å². The summed E-state index contributed by atoms with van der Waals surface area (Å²) in [6.45, 7) is 5.07. The Bertz CT molecular complexity index is 412. The molecule has 0 bridgehead atoms. The normalized spacial score (nSPS) is 26.5. The van der Waals surface area contributed by atoms with Gasteiger partial charge in [0.05, 0.1) is 0 Å². The molecule has 3 atom stereocenters. The summed E-state index contributed by atoms with van der Waals surface area (Å²) in [7, 11) is 2.09. The van der Waals surface area contributed by atoms with Crippen LogP contribution in [0.4, 0.5) is 8.78 Å². The van der Waals surface area contributed by atoms with Crippen molar-refractivity contribution in [3.05, 3.63) is 35.4 Å². The summed E-state index contributed by atoms with van der Waals surface area (Å²) >= 11 is 0. The molecule has 2 nitrogen and oxygen atoms in total. The molecule has 100 valence electrons. The van der Waals surface area contributed by atoms with Gasteiger partial charge in [-0.15, -0.1) is 0 Å². The van der Waals surface area contributed by atoms with Gasteiger partial charge in [0.2, 0.25) is 0 Å². The molecule has 2 rings (SSSR count). The van der Waals surface area contributed by atoms with Crippen LogP contribution in [0.1, 0.15) is 31.9 Å². The third-order valence-corrected chi connectivity index (χ3v) is 3.80. The number of likely N-dealkylation sites (N-methyl/N-ethyl adjacent to an activating group) is 1. The minimum atomic E-state index is -0.530. The van der Waals surface area contributed by atoms with Crippen molar-refractivity contribution in [2.24, 2.45) is 0 Å². The van der Waals surface area contributed by atoms with Crippen LogP contribution in [0, 0.1) is 11.6 Å². The standard InChI is InChI=1S/C14H20F2N2/c1-9-6-12(8-18(9)3)17-10(2)13-5-4-11(15)7-14(13)16/h4-5,7,9-10,12,17H,6,8H2,1-3H3. The topological polar surface area (TPSA) is 15.3 Å². The lowest BCUT2D eigenvalue weighted by atomic mass is 10.1. The SMILES string of the molecule is CC(NC1CC(C)N(C)C1)c1ccc(F)cc1F. The van der Waals surface area contributed by atoms with Gasteiger partial charge in [-0.1, -0.05) is 6.07 Å². The van der Waals surface area contributed by atoms with Crippen molar-refractivity contribution in [3.63, 3.8) is 0 Å². The zero-order valence-electron chi connectivity index (χ0n) is 11.1. The van der Waals surface area contributed by atoms with E-state index in [9.17, 15) is 8.78 Å². The van der Waals surface area contributed by atoms with E-state index in [1.807, 2.05) is 6.92 Å². The van der Waals surface area contributed by atoms with Crippen molar-refractivity contribution < 1.29 is 8.78 Å². The zero-order valence-corrected chi connectivity index (χ0v) is 11.1. The van der Waals surface area contributed by atoms with Gasteiger partial charge in [0.25, 0.3) is 0 Å². The van der Waals surface area contributed by atoms with E-state index in [0.717, 1.165) is 19.0 Å². The van der Waals surface area contributed by atoms with Gasteiger partial charge >= 0.3 is 0 Å². The second kappa shape index (κ2) is 5.33. The molecule has 0 saturated carbocycles. The smallest absolute Gasteiger partial charge is 0.130 e. The van der Waals surface area contributed by atoms with Crippen LogP contribution in [0.5, 0.6) is 0 Å². The Hall–Kier alpha value is -1.00. The lowest BCUT2D eigenvalue weighted by Gasteiger charge is -2.20. The Labute approximate surface area is 107 Å². The van der Waals surface area contributed by atoms with E-state index in [4.69, 9.17) is 0 Å². The Balaban J connectivity index is 2.01. The number of hydrogen-bond acceptors (Lipinski definition) is 2. The summed E-state index contributed by atoms with van der Waals surface area (Å²) in [6.07, 6.45) is 1.06. The third-order valence-electron chi connectivity index (χ3n) is 3.80. The summed E-state index contributed by atoms with van der Waals surface area (Å²) in [6, 6.07) is 4.58. The molecule has 0 spiro atoms. The highest BCUT2D eigenvalue weighted by atomic mass is 19.1. The molecule has 1 aliphatic rings. The van der Waals surface area contributed by atoms with E-state index in [2.05, 4.69) is 24.2 Å². The second-order valence-electron chi connectivity index (χ2n) is 5.28. The van der Waals surface area contributed by atoms with Gasteiger partial charge in [0, 0.05) is 36.3 Å². The molecule has 0 radical (unpaired) electrons. The molecule has 1 N–H and O–H groups in total. The molecule has 0 aliphatic carbocycles. The number of benzene rings is 1. The second-order valence-corrected chi connectivity index (χ2v) is 5.28. The summed E-state index contributed by atoms with van der Waals surface area (Å²) in [5.74, 6) is -1.01. The molecule has 4 heteroatoms. The highest BCUT2D eigenvalue weighted by Gasteiger charge is 2.27. The Kier molecular flexibility index (Phi) is 3.97. The summed E-state index contributed by atoms with van der Waals surface area (Å²) in [5, 5.41) is 3.41. The Morgan fingerprint density at radius 1 is 1.39 bits per heavy atom.